The SMILES string of the molecule is CC(C)(C)[C@@H]1NC(=O)OCC/C=C/c2cccc(c2)-c2nc3ccccc3nc2O[C@@H]2C[C@@H](C(=O)C[C@]3(C(=O)NS(=O)(=O)C4CC4)C[C@H]3C(F)F)N(C2)C1=O. The number of benzene rings is 2. The van der Waals surface area contributed by atoms with Crippen LogP contribution in [-0.2, 0) is 29.1 Å². The van der Waals surface area contributed by atoms with Gasteiger partial charge < -0.3 is 19.7 Å². The number of hydrogen-bond acceptors (Lipinski definition) is 10. The number of fused-ring (bicyclic) bond motifs is 7. The lowest BCUT2D eigenvalue weighted by Gasteiger charge is -2.35. The van der Waals surface area contributed by atoms with E-state index in [4.69, 9.17) is 19.4 Å². The molecule has 2 N–H and O–H groups in total. The molecule has 7 rings (SSSR count). The fourth-order valence-corrected chi connectivity index (χ4v) is 8.76. The van der Waals surface area contributed by atoms with Gasteiger partial charge in [-0.15, -0.1) is 0 Å². The maximum atomic E-state index is 14.5. The van der Waals surface area contributed by atoms with Gasteiger partial charge in [0.2, 0.25) is 34.1 Å². The van der Waals surface area contributed by atoms with Crippen LogP contribution < -0.4 is 14.8 Å². The number of sulfonamides is 1. The summed E-state index contributed by atoms with van der Waals surface area (Å²) in [7, 11) is -4.10. The highest BCUT2D eigenvalue weighted by Crippen LogP contribution is 2.59. The number of alkyl carbamates (subject to hydrolysis) is 1. The van der Waals surface area contributed by atoms with Crippen molar-refractivity contribution in [2.24, 2.45) is 16.7 Å². The zero-order valence-electron chi connectivity index (χ0n) is 30.7. The molecular formula is C39H43F2N5O8S. The minimum absolute atomic E-state index is 0.0139. The molecule has 3 amide bonds. The molecule has 2 aromatic carbocycles. The summed E-state index contributed by atoms with van der Waals surface area (Å²) in [4.78, 5) is 66.3. The number of hydrogen-bond donors (Lipinski definition) is 2. The van der Waals surface area contributed by atoms with E-state index in [0.717, 1.165) is 5.56 Å². The van der Waals surface area contributed by atoms with Gasteiger partial charge in [0.25, 0.3) is 0 Å². The van der Waals surface area contributed by atoms with Crippen LogP contribution in [0.25, 0.3) is 28.4 Å². The van der Waals surface area contributed by atoms with Crippen LogP contribution in [-0.4, -0.2) is 90.0 Å². The molecule has 0 spiro atoms. The molecule has 1 saturated heterocycles. The van der Waals surface area contributed by atoms with Crippen molar-refractivity contribution < 1.29 is 45.9 Å². The van der Waals surface area contributed by atoms with E-state index < -0.39 is 93.2 Å². The number of halogens is 2. The van der Waals surface area contributed by atoms with E-state index in [0.29, 0.717) is 41.6 Å². The van der Waals surface area contributed by atoms with Crippen LogP contribution in [0.2, 0.25) is 0 Å². The first-order valence-electron chi connectivity index (χ1n) is 18.4. The molecule has 2 saturated carbocycles. The number of alkyl halides is 2. The Morgan fingerprint density at radius 3 is 2.47 bits per heavy atom. The molecule has 13 nitrogen and oxygen atoms in total. The first kappa shape index (κ1) is 38.3. The Bertz CT molecular complexity index is 2170. The molecule has 2 aliphatic carbocycles. The van der Waals surface area contributed by atoms with E-state index in [2.05, 4.69) is 5.32 Å². The third kappa shape index (κ3) is 8.05. The topological polar surface area (TPSA) is 174 Å². The average Bonchev–Trinajstić information content (AvgIpc) is 4.06. The molecule has 0 unspecified atom stereocenters. The van der Waals surface area contributed by atoms with Gasteiger partial charge in [-0.2, -0.15) is 0 Å². The van der Waals surface area contributed by atoms with E-state index in [1.165, 1.54) is 4.90 Å². The van der Waals surface area contributed by atoms with Gasteiger partial charge >= 0.3 is 6.09 Å². The van der Waals surface area contributed by atoms with Crippen LogP contribution >= 0.6 is 0 Å². The Morgan fingerprint density at radius 2 is 1.80 bits per heavy atom. The monoisotopic (exact) mass is 779 g/mol. The molecule has 292 valence electrons. The van der Waals surface area contributed by atoms with Gasteiger partial charge in [-0.1, -0.05) is 63.3 Å². The Kier molecular flexibility index (Phi) is 10.2. The van der Waals surface area contributed by atoms with E-state index in [9.17, 15) is 36.4 Å². The van der Waals surface area contributed by atoms with Crippen LogP contribution in [0.1, 0.15) is 64.9 Å². The molecular weight excluding hydrogens is 737 g/mol. The highest BCUT2D eigenvalue weighted by atomic mass is 32.2. The Labute approximate surface area is 317 Å². The number of rotatable bonds is 7. The summed E-state index contributed by atoms with van der Waals surface area (Å²) in [6, 6.07) is 12.2. The summed E-state index contributed by atoms with van der Waals surface area (Å²) in [5, 5.41) is 1.87. The summed E-state index contributed by atoms with van der Waals surface area (Å²) < 4.78 is 67.6. The Balaban J connectivity index is 1.27. The maximum absolute atomic E-state index is 14.5. The molecule has 16 heteroatoms. The number of para-hydroxylation sites is 2. The number of aromatic nitrogens is 2. The first-order valence-corrected chi connectivity index (χ1v) is 19.9. The summed E-state index contributed by atoms with van der Waals surface area (Å²) >= 11 is 0. The summed E-state index contributed by atoms with van der Waals surface area (Å²) in [6.45, 7) is 5.04. The lowest BCUT2D eigenvalue weighted by molar-refractivity contribution is -0.142. The Morgan fingerprint density at radius 1 is 1.07 bits per heavy atom. The molecule has 0 radical (unpaired) electrons. The van der Waals surface area contributed by atoms with Gasteiger partial charge in [-0.3, -0.25) is 19.1 Å². The number of ketones is 1. The average molecular weight is 780 g/mol. The van der Waals surface area contributed by atoms with Crippen LogP contribution in [0.15, 0.2) is 54.6 Å². The van der Waals surface area contributed by atoms with Gasteiger partial charge in [-0.05, 0) is 54.9 Å². The molecule has 1 aromatic heterocycles. The fraction of sp³-hybridized carbons (Fsp3) is 0.487. The van der Waals surface area contributed by atoms with E-state index >= 15 is 0 Å². The molecule has 4 bridgehead atoms. The van der Waals surface area contributed by atoms with Gasteiger partial charge in [0.1, 0.15) is 17.8 Å². The summed E-state index contributed by atoms with van der Waals surface area (Å²) in [5.74, 6) is -3.93. The smallest absolute Gasteiger partial charge is 0.407 e. The molecule has 3 fully saturated rings. The van der Waals surface area contributed by atoms with Crippen molar-refractivity contribution in [2.75, 3.05) is 13.2 Å². The predicted octanol–water partition coefficient (Wildman–Crippen LogP) is 5.04. The van der Waals surface area contributed by atoms with Crippen molar-refractivity contribution >= 4 is 50.8 Å². The van der Waals surface area contributed by atoms with Gasteiger partial charge in [-0.25, -0.2) is 32.0 Å². The van der Waals surface area contributed by atoms with Crippen molar-refractivity contribution in [3.8, 4) is 17.1 Å². The second-order valence-electron chi connectivity index (χ2n) is 15.9. The zero-order chi connectivity index (χ0) is 39.3. The largest absolute Gasteiger partial charge is 0.471 e. The van der Waals surface area contributed by atoms with Crippen molar-refractivity contribution in [1.82, 2.24) is 24.9 Å². The number of carbonyl (C=O) groups is 4. The normalized spacial score (nSPS) is 26.5. The lowest BCUT2D eigenvalue weighted by Crippen LogP contribution is -2.57. The zero-order valence-corrected chi connectivity index (χ0v) is 31.5. The maximum Gasteiger partial charge on any atom is 0.407 e. The first-order chi connectivity index (χ1) is 26.1. The van der Waals surface area contributed by atoms with Crippen molar-refractivity contribution in [3.63, 3.8) is 0 Å². The van der Waals surface area contributed by atoms with E-state index in [-0.39, 0.29) is 25.5 Å². The van der Waals surface area contributed by atoms with Crippen LogP contribution in [0.4, 0.5) is 13.6 Å². The van der Waals surface area contributed by atoms with Crippen LogP contribution in [0.5, 0.6) is 5.88 Å². The molecule has 55 heavy (non-hydrogen) atoms. The second kappa shape index (κ2) is 14.6. The minimum atomic E-state index is -4.10. The number of amides is 3. The number of cyclic esters (lactones) is 1. The number of nitrogens with zero attached hydrogens (tertiary/aromatic N) is 3. The molecule has 3 aromatic rings. The predicted molar refractivity (Wildman–Crippen MR) is 197 cm³/mol. The minimum Gasteiger partial charge on any atom is -0.471 e. The molecule has 3 heterocycles. The highest BCUT2D eigenvalue weighted by Gasteiger charge is 2.66. The third-order valence-corrected chi connectivity index (χ3v) is 12.5. The fourth-order valence-electron chi connectivity index (χ4n) is 7.38. The number of Topliss-reactive ketones (excluding diaryl/α,β-unsaturated/α-hetero) is 1. The van der Waals surface area contributed by atoms with Gasteiger partial charge in [0.15, 0.2) is 5.78 Å². The number of carbonyl (C=O) groups excluding carboxylic acids is 4. The highest BCUT2D eigenvalue weighted by molar-refractivity contribution is 7.90. The van der Waals surface area contributed by atoms with Gasteiger partial charge in [0.05, 0.1) is 40.9 Å². The Hall–Kier alpha value is -4.99. The van der Waals surface area contributed by atoms with E-state index in [1.54, 1.807) is 32.9 Å². The molecule has 2 aliphatic heterocycles. The van der Waals surface area contributed by atoms with Crippen molar-refractivity contribution in [2.45, 2.75) is 89.2 Å². The number of ether oxygens (including phenoxy) is 2. The van der Waals surface area contributed by atoms with E-state index in [1.807, 2.05) is 53.3 Å². The lowest BCUT2D eigenvalue weighted by atomic mass is 9.85. The number of nitrogens with one attached hydrogen (secondary N) is 2. The summed E-state index contributed by atoms with van der Waals surface area (Å²) in [6.07, 6.45) is -1.16. The van der Waals surface area contributed by atoms with Crippen molar-refractivity contribution in [3.05, 3.63) is 60.2 Å². The van der Waals surface area contributed by atoms with Crippen molar-refractivity contribution in [1.29, 1.82) is 0 Å². The van der Waals surface area contributed by atoms with Crippen LogP contribution in [0.3, 0.4) is 0 Å². The molecule has 4 aliphatic rings. The van der Waals surface area contributed by atoms with Gasteiger partial charge in [0, 0.05) is 24.3 Å². The van der Waals surface area contributed by atoms with Crippen LogP contribution in [0, 0.1) is 16.7 Å². The quantitative estimate of drug-likeness (QED) is 0.331. The second-order valence-corrected chi connectivity index (χ2v) is 17.8. The molecule has 5 atom stereocenters. The summed E-state index contributed by atoms with van der Waals surface area (Å²) in [5.41, 5.74) is 0.207. The standard InChI is InChI=1S/C39H43F2N5O8S/c1-38(2,3)32-35(48)46-21-24(18-29(46)30(47)20-39(19-26(39)33(40)41)36(49)45-55(51,52)25-14-15-25)54-34-31(42-27-12-4-5-13-28(27)43-34)23-11-8-10-22(17-23)9-6-7-16-53-37(50)44-32/h4-6,8-13,17,24-26,29,32-33H,7,14-16,18-21H2,1-3H3,(H,44,50)(H,45,49)/b9-6+/t24-,26+,29+,32-,39-/m1/s1. The third-order valence-electron chi connectivity index (χ3n) is 10.7.